The van der Waals surface area contributed by atoms with Gasteiger partial charge in [-0.15, -0.1) is 0 Å². The average Bonchev–Trinajstić information content (AvgIpc) is 3.20. The number of carbonyl (C=O) groups is 2. The average molecular weight is 372 g/mol. The Morgan fingerprint density at radius 3 is 2.96 bits per heavy atom. The SMILES string of the molecule is Cc1cc2n(n1)CC[C@H](NC(=O)c1nc[n+](CC3CC(C)C3)[nH]1)C(=O)N2C. The Balaban J connectivity index is 1.40. The van der Waals surface area contributed by atoms with Crippen LogP contribution in [-0.4, -0.2) is 44.8 Å². The second-order valence-corrected chi connectivity index (χ2v) is 7.88. The number of hydrogen-bond donors (Lipinski definition) is 2. The van der Waals surface area contributed by atoms with Crippen LogP contribution >= 0.6 is 0 Å². The first-order valence-electron chi connectivity index (χ1n) is 9.48. The Morgan fingerprint density at radius 2 is 2.22 bits per heavy atom. The van der Waals surface area contributed by atoms with E-state index in [-0.39, 0.29) is 17.6 Å². The third-order valence-corrected chi connectivity index (χ3v) is 5.51. The van der Waals surface area contributed by atoms with Crippen molar-refractivity contribution in [2.24, 2.45) is 11.8 Å². The zero-order valence-electron chi connectivity index (χ0n) is 16.0. The largest absolute Gasteiger partial charge is 0.340 e. The maximum absolute atomic E-state index is 12.7. The van der Waals surface area contributed by atoms with E-state index in [0.29, 0.717) is 18.9 Å². The number of likely N-dealkylation sites (N-methyl/N-ethyl adjacent to an activating group) is 1. The summed E-state index contributed by atoms with van der Waals surface area (Å²) in [6.45, 7) is 5.56. The van der Waals surface area contributed by atoms with Crippen molar-refractivity contribution in [1.29, 1.82) is 0 Å². The molecule has 1 aliphatic heterocycles. The molecule has 0 aromatic carbocycles. The number of hydrogen-bond acceptors (Lipinski definition) is 4. The predicted molar refractivity (Wildman–Crippen MR) is 96.9 cm³/mol. The fourth-order valence-corrected chi connectivity index (χ4v) is 4.07. The lowest BCUT2D eigenvalue weighted by molar-refractivity contribution is -0.758. The summed E-state index contributed by atoms with van der Waals surface area (Å²) in [5.41, 5.74) is 0.869. The molecule has 2 aliphatic rings. The molecule has 2 aromatic rings. The third-order valence-electron chi connectivity index (χ3n) is 5.51. The van der Waals surface area contributed by atoms with Crippen LogP contribution in [0.25, 0.3) is 0 Å². The van der Waals surface area contributed by atoms with Crippen molar-refractivity contribution in [3.63, 3.8) is 0 Å². The van der Waals surface area contributed by atoms with E-state index in [2.05, 4.69) is 27.4 Å². The Kier molecular flexibility index (Phi) is 4.45. The summed E-state index contributed by atoms with van der Waals surface area (Å²) in [5.74, 6) is 1.90. The van der Waals surface area contributed by atoms with Gasteiger partial charge in [-0.25, -0.2) is 4.68 Å². The summed E-state index contributed by atoms with van der Waals surface area (Å²) in [4.78, 5) is 31.0. The topological polar surface area (TPSA) is 99.8 Å². The molecule has 4 rings (SSSR count). The van der Waals surface area contributed by atoms with Crippen molar-refractivity contribution in [2.45, 2.75) is 52.2 Å². The first-order chi connectivity index (χ1) is 12.9. The number of aromatic amines is 1. The van der Waals surface area contributed by atoms with Crippen LogP contribution in [0.2, 0.25) is 0 Å². The van der Waals surface area contributed by atoms with Gasteiger partial charge in [0, 0.05) is 19.7 Å². The maximum atomic E-state index is 12.7. The molecule has 0 radical (unpaired) electrons. The van der Waals surface area contributed by atoms with E-state index < -0.39 is 6.04 Å². The number of aromatic nitrogens is 5. The number of aryl methyl sites for hydroxylation is 2. The van der Waals surface area contributed by atoms with Gasteiger partial charge in [0.1, 0.15) is 18.4 Å². The molecule has 0 saturated heterocycles. The Bertz CT molecular complexity index is 865. The predicted octanol–water partition coefficient (Wildman–Crippen LogP) is 0.413. The Morgan fingerprint density at radius 1 is 1.44 bits per heavy atom. The van der Waals surface area contributed by atoms with Gasteiger partial charge in [-0.05, 0) is 43.0 Å². The van der Waals surface area contributed by atoms with Crippen molar-refractivity contribution in [3.8, 4) is 0 Å². The van der Waals surface area contributed by atoms with E-state index in [4.69, 9.17) is 0 Å². The molecule has 27 heavy (non-hydrogen) atoms. The molecule has 0 bridgehead atoms. The van der Waals surface area contributed by atoms with E-state index in [0.717, 1.165) is 24.0 Å². The standard InChI is InChI=1S/C18H25N7O2/c1-11-6-13(7-11)9-24-10-19-16(22-24)17(26)20-14-4-5-25-15(8-12(2)21-25)23(3)18(14)27/h8,10-11,13-14H,4-7,9H2,1-3H3,(H,20,26)/p+1/t11?,13?,14-/m0/s1. The molecule has 1 fully saturated rings. The van der Waals surface area contributed by atoms with E-state index in [1.54, 1.807) is 23.0 Å². The van der Waals surface area contributed by atoms with Gasteiger partial charge in [-0.2, -0.15) is 14.9 Å². The molecule has 2 amide bonds. The molecule has 1 saturated carbocycles. The van der Waals surface area contributed by atoms with Crippen LogP contribution in [0.5, 0.6) is 0 Å². The fourth-order valence-electron chi connectivity index (χ4n) is 4.07. The van der Waals surface area contributed by atoms with Crippen LogP contribution in [0, 0.1) is 18.8 Å². The van der Waals surface area contributed by atoms with Crippen LogP contribution < -0.4 is 14.9 Å². The number of nitrogens with zero attached hydrogens (tertiary/aromatic N) is 5. The van der Waals surface area contributed by atoms with Crippen molar-refractivity contribution in [1.82, 2.24) is 25.2 Å². The highest BCUT2D eigenvalue weighted by atomic mass is 16.2. The molecule has 2 aromatic heterocycles. The van der Waals surface area contributed by atoms with E-state index >= 15 is 0 Å². The van der Waals surface area contributed by atoms with Crippen LogP contribution in [0.4, 0.5) is 5.82 Å². The van der Waals surface area contributed by atoms with Gasteiger partial charge in [-0.3, -0.25) is 14.5 Å². The van der Waals surface area contributed by atoms with Crippen molar-refractivity contribution in [2.75, 3.05) is 11.9 Å². The zero-order chi connectivity index (χ0) is 19.1. The minimum atomic E-state index is -0.601. The molecule has 1 aliphatic carbocycles. The number of nitrogens with one attached hydrogen (secondary N) is 2. The number of amides is 2. The van der Waals surface area contributed by atoms with Gasteiger partial charge in [-0.1, -0.05) is 6.92 Å². The summed E-state index contributed by atoms with van der Waals surface area (Å²) >= 11 is 0. The molecular weight excluding hydrogens is 346 g/mol. The molecule has 144 valence electrons. The number of fused-ring (bicyclic) bond motifs is 1. The van der Waals surface area contributed by atoms with Crippen LogP contribution in [-0.2, 0) is 17.9 Å². The summed E-state index contributed by atoms with van der Waals surface area (Å²) in [7, 11) is 1.71. The lowest BCUT2D eigenvalue weighted by Crippen LogP contribution is -2.47. The molecule has 0 spiro atoms. The van der Waals surface area contributed by atoms with E-state index in [1.807, 2.05) is 17.7 Å². The van der Waals surface area contributed by atoms with Crippen LogP contribution in [0.1, 0.15) is 42.5 Å². The summed E-state index contributed by atoms with van der Waals surface area (Å²) in [6.07, 6.45) is 4.57. The van der Waals surface area contributed by atoms with Crippen molar-refractivity contribution in [3.05, 3.63) is 23.9 Å². The first kappa shape index (κ1) is 17.7. The van der Waals surface area contributed by atoms with Gasteiger partial charge in [0.2, 0.25) is 0 Å². The maximum Gasteiger partial charge on any atom is 0.340 e. The molecule has 1 atom stereocenters. The molecule has 9 heteroatoms. The lowest BCUT2D eigenvalue weighted by Gasteiger charge is -2.30. The quantitative estimate of drug-likeness (QED) is 0.760. The van der Waals surface area contributed by atoms with Crippen LogP contribution in [0.3, 0.4) is 0 Å². The number of rotatable bonds is 4. The highest BCUT2D eigenvalue weighted by molar-refractivity contribution is 6.00. The minimum Gasteiger partial charge on any atom is -0.335 e. The highest BCUT2D eigenvalue weighted by Crippen LogP contribution is 2.32. The fraction of sp³-hybridized carbons (Fsp3) is 0.611. The number of anilines is 1. The minimum absolute atomic E-state index is 0.148. The van der Waals surface area contributed by atoms with Gasteiger partial charge < -0.3 is 5.32 Å². The monoisotopic (exact) mass is 372 g/mol. The van der Waals surface area contributed by atoms with E-state index in [9.17, 15) is 9.59 Å². The molecule has 3 heterocycles. The van der Waals surface area contributed by atoms with Gasteiger partial charge in [0.15, 0.2) is 0 Å². The summed E-state index contributed by atoms with van der Waals surface area (Å²) in [5, 5.41) is 10.3. The van der Waals surface area contributed by atoms with Gasteiger partial charge in [0.05, 0.1) is 5.69 Å². The lowest BCUT2D eigenvalue weighted by atomic mass is 9.76. The van der Waals surface area contributed by atoms with Crippen LogP contribution in [0.15, 0.2) is 12.4 Å². The van der Waals surface area contributed by atoms with Crippen molar-refractivity contribution >= 4 is 17.6 Å². The normalized spacial score (nSPS) is 24.9. The summed E-state index contributed by atoms with van der Waals surface area (Å²) in [6, 6.07) is 1.27. The Labute approximate surface area is 157 Å². The first-order valence-corrected chi connectivity index (χ1v) is 9.48. The highest BCUT2D eigenvalue weighted by Gasteiger charge is 2.33. The summed E-state index contributed by atoms with van der Waals surface area (Å²) < 4.78 is 3.66. The third kappa shape index (κ3) is 3.45. The number of H-pyrrole nitrogens is 1. The zero-order valence-corrected chi connectivity index (χ0v) is 16.0. The Hall–Kier alpha value is -2.71. The van der Waals surface area contributed by atoms with Gasteiger partial charge in [0.25, 0.3) is 5.91 Å². The molecule has 9 nitrogen and oxygen atoms in total. The molecule has 0 unspecified atom stereocenters. The van der Waals surface area contributed by atoms with Crippen molar-refractivity contribution < 1.29 is 14.3 Å². The second-order valence-electron chi connectivity index (χ2n) is 7.88. The molecular formula is C18H26N7O2+. The van der Waals surface area contributed by atoms with E-state index in [1.165, 1.54) is 12.8 Å². The molecule has 2 N–H and O–H groups in total. The second kappa shape index (κ2) is 6.79. The smallest absolute Gasteiger partial charge is 0.335 e. The van der Waals surface area contributed by atoms with Gasteiger partial charge >= 0.3 is 18.1 Å². The number of carbonyl (C=O) groups excluding carboxylic acids is 2.